The van der Waals surface area contributed by atoms with Gasteiger partial charge in [-0.3, -0.25) is 0 Å². The fourth-order valence-electron chi connectivity index (χ4n) is 4.96. The van der Waals surface area contributed by atoms with Gasteiger partial charge in [-0.15, -0.1) is 0 Å². The number of nitrogens with zero attached hydrogens (tertiary/aromatic N) is 6. The monoisotopic (exact) mass is 520 g/mol. The van der Waals surface area contributed by atoms with E-state index in [0.717, 1.165) is 60.4 Å². The Balaban J connectivity index is 1.20. The number of nitriles is 1. The normalized spacial score (nSPS) is 14.9. The summed E-state index contributed by atoms with van der Waals surface area (Å²) in [5, 5.41) is 14.1. The maximum absolute atomic E-state index is 9.88. The number of aromatic nitrogens is 5. The molecule has 5 aromatic rings. The van der Waals surface area contributed by atoms with Gasteiger partial charge in [-0.1, -0.05) is 18.2 Å². The first-order valence-electron chi connectivity index (χ1n) is 12.9. The third kappa shape index (κ3) is 5.00. The molecular weight excluding hydrogens is 492 g/mol. The van der Waals surface area contributed by atoms with Gasteiger partial charge in [0.1, 0.15) is 40.9 Å². The molecule has 0 saturated carbocycles. The second kappa shape index (κ2) is 10.8. The van der Waals surface area contributed by atoms with Crippen molar-refractivity contribution >= 4 is 22.5 Å². The van der Waals surface area contributed by atoms with Gasteiger partial charge >= 0.3 is 0 Å². The Kier molecular flexibility index (Phi) is 6.80. The number of ether oxygens (including phenoxy) is 2. The minimum atomic E-state index is 0.217. The van der Waals surface area contributed by atoms with Crippen molar-refractivity contribution in [1.82, 2.24) is 24.1 Å². The van der Waals surface area contributed by atoms with Crippen LogP contribution < -0.4 is 15.8 Å². The molecule has 1 unspecified atom stereocenters. The molecule has 1 aliphatic rings. The number of aryl methyl sites for hydroxylation is 1. The van der Waals surface area contributed by atoms with Gasteiger partial charge in [-0.2, -0.15) is 5.26 Å². The van der Waals surface area contributed by atoms with E-state index in [9.17, 15) is 5.26 Å². The molecular formula is C29H28N8O2. The van der Waals surface area contributed by atoms with E-state index >= 15 is 0 Å². The van der Waals surface area contributed by atoms with E-state index in [4.69, 9.17) is 15.2 Å². The number of hydrogen-bond acceptors (Lipinski definition) is 8. The van der Waals surface area contributed by atoms with E-state index in [-0.39, 0.29) is 6.04 Å². The number of nitrogens with one attached hydrogen (secondary N) is 1. The average Bonchev–Trinajstić information content (AvgIpc) is 3.74. The summed E-state index contributed by atoms with van der Waals surface area (Å²) in [6, 6.07) is 15.8. The largest absolute Gasteiger partial charge is 0.456 e. The topological polar surface area (TPSA) is 129 Å². The van der Waals surface area contributed by atoms with Crippen molar-refractivity contribution in [2.45, 2.75) is 25.4 Å². The number of nitrogens with two attached hydrogens (primary N) is 1. The highest BCUT2D eigenvalue weighted by molar-refractivity contribution is 6.00. The third-order valence-electron chi connectivity index (χ3n) is 6.94. The zero-order valence-electron chi connectivity index (χ0n) is 21.3. The van der Waals surface area contributed by atoms with Crippen LogP contribution in [0.1, 0.15) is 24.4 Å². The fraction of sp³-hybridized carbons (Fsp3) is 0.241. The molecule has 0 amide bonds. The minimum Gasteiger partial charge on any atom is -0.456 e. The molecule has 6 rings (SSSR count). The quantitative estimate of drug-likeness (QED) is 0.260. The molecule has 4 heterocycles. The Labute approximate surface area is 225 Å². The number of benzene rings is 2. The van der Waals surface area contributed by atoms with Crippen molar-refractivity contribution in [3.05, 3.63) is 79.3 Å². The molecule has 196 valence electrons. The summed E-state index contributed by atoms with van der Waals surface area (Å²) in [5.74, 6) is 1.57. The molecule has 2 aromatic carbocycles. The van der Waals surface area contributed by atoms with Crippen molar-refractivity contribution in [3.63, 3.8) is 0 Å². The van der Waals surface area contributed by atoms with E-state index in [2.05, 4.69) is 37.1 Å². The van der Waals surface area contributed by atoms with Crippen molar-refractivity contribution in [2.75, 3.05) is 30.8 Å². The first-order valence-corrected chi connectivity index (χ1v) is 12.9. The van der Waals surface area contributed by atoms with E-state index in [0.29, 0.717) is 29.5 Å². The van der Waals surface area contributed by atoms with Crippen LogP contribution in [-0.2, 0) is 11.3 Å². The third-order valence-corrected chi connectivity index (χ3v) is 6.94. The Morgan fingerprint density at radius 2 is 2.08 bits per heavy atom. The molecule has 1 atom stereocenters. The fourth-order valence-corrected chi connectivity index (χ4v) is 4.96. The van der Waals surface area contributed by atoms with Gasteiger partial charge in [0.2, 0.25) is 0 Å². The molecule has 1 fully saturated rings. The second-order valence-corrected chi connectivity index (χ2v) is 9.42. The van der Waals surface area contributed by atoms with Crippen LogP contribution in [0, 0.1) is 11.3 Å². The second-order valence-electron chi connectivity index (χ2n) is 9.42. The highest BCUT2D eigenvalue weighted by Gasteiger charge is 2.23. The highest BCUT2D eigenvalue weighted by Crippen LogP contribution is 2.37. The summed E-state index contributed by atoms with van der Waals surface area (Å²) in [5.41, 5.74) is 10.2. The number of rotatable bonds is 9. The zero-order valence-corrected chi connectivity index (χ0v) is 21.3. The summed E-state index contributed by atoms with van der Waals surface area (Å²) in [7, 11) is 0. The lowest BCUT2D eigenvalue weighted by atomic mass is 10.1. The van der Waals surface area contributed by atoms with E-state index in [1.807, 2.05) is 47.2 Å². The lowest BCUT2D eigenvalue weighted by Gasteiger charge is -2.13. The van der Waals surface area contributed by atoms with Crippen LogP contribution in [0.15, 0.2) is 73.7 Å². The van der Waals surface area contributed by atoms with Crippen molar-refractivity contribution in [1.29, 1.82) is 5.26 Å². The molecule has 10 nitrogen and oxygen atoms in total. The van der Waals surface area contributed by atoms with E-state index < -0.39 is 0 Å². The van der Waals surface area contributed by atoms with Crippen LogP contribution >= 0.6 is 0 Å². The maximum atomic E-state index is 9.88. The van der Waals surface area contributed by atoms with Gasteiger partial charge < -0.3 is 29.7 Å². The van der Waals surface area contributed by atoms with Gasteiger partial charge in [-0.25, -0.2) is 15.0 Å². The first kappa shape index (κ1) is 24.5. The Bertz CT molecular complexity index is 1610. The van der Waals surface area contributed by atoms with Gasteiger partial charge in [-0.05, 0) is 42.7 Å². The van der Waals surface area contributed by atoms with Gasteiger partial charge in [0.05, 0.1) is 30.0 Å². The summed E-state index contributed by atoms with van der Waals surface area (Å²) in [6.07, 6.45) is 10.9. The lowest BCUT2D eigenvalue weighted by molar-refractivity contribution is 0.187. The van der Waals surface area contributed by atoms with Crippen LogP contribution in [0.25, 0.3) is 22.2 Å². The number of imidazole rings is 1. The SMILES string of the molecule is N#Cc1c(NCCCn2ccnc2)cccc1Oc1ccc(-c2cn(C3CCOC3)c3ncnc(N)c23)cc1. The van der Waals surface area contributed by atoms with Gasteiger partial charge in [0.15, 0.2) is 0 Å². The van der Waals surface area contributed by atoms with Crippen LogP contribution in [0.2, 0.25) is 0 Å². The maximum Gasteiger partial charge on any atom is 0.147 e. The first-order chi connectivity index (χ1) is 19.2. The van der Waals surface area contributed by atoms with Crippen LogP contribution in [0.3, 0.4) is 0 Å². The molecule has 1 saturated heterocycles. The predicted molar refractivity (Wildman–Crippen MR) is 148 cm³/mol. The van der Waals surface area contributed by atoms with Crippen molar-refractivity contribution < 1.29 is 9.47 Å². The van der Waals surface area contributed by atoms with Crippen LogP contribution in [-0.4, -0.2) is 43.8 Å². The highest BCUT2D eigenvalue weighted by atomic mass is 16.5. The Hall–Kier alpha value is -4.88. The molecule has 10 heteroatoms. The Morgan fingerprint density at radius 1 is 1.18 bits per heavy atom. The number of nitrogen functional groups attached to an aromatic ring is 1. The molecule has 3 aromatic heterocycles. The Morgan fingerprint density at radius 3 is 2.85 bits per heavy atom. The number of fused-ring (bicyclic) bond motifs is 1. The molecule has 0 aliphatic carbocycles. The summed E-state index contributed by atoms with van der Waals surface area (Å²) < 4.78 is 15.9. The molecule has 0 spiro atoms. The number of anilines is 2. The standard InChI is InChI=1S/C29H28N8O2/c30-15-23-25(33-10-2-12-36-13-11-32-19-36)3-1-4-26(23)39-22-7-5-20(6-8-22)24-16-37(21-9-14-38-17-21)29-27(24)28(31)34-18-35-29/h1,3-8,11,13,16,18-19,21,33H,2,9-10,12,14,17H2,(H2,31,34,35). The van der Waals surface area contributed by atoms with Gasteiger partial charge in [0.25, 0.3) is 0 Å². The molecule has 3 N–H and O–H groups in total. The smallest absolute Gasteiger partial charge is 0.147 e. The zero-order chi connectivity index (χ0) is 26.6. The van der Waals surface area contributed by atoms with Crippen molar-refractivity contribution in [2.24, 2.45) is 0 Å². The summed E-state index contributed by atoms with van der Waals surface area (Å²) >= 11 is 0. The van der Waals surface area contributed by atoms with Gasteiger partial charge in [0, 0.05) is 43.9 Å². The van der Waals surface area contributed by atoms with E-state index in [1.165, 1.54) is 6.33 Å². The minimum absolute atomic E-state index is 0.217. The van der Waals surface area contributed by atoms with Crippen LogP contribution in [0.4, 0.5) is 11.5 Å². The molecule has 0 radical (unpaired) electrons. The predicted octanol–water partition coefficient (Wildman–Crippen LogP) is 5.00. The molecule has 39 heavy (non-hydrogen) atoms. The lowest BCUT2D eigenvalue weighted by Crippen LogP contribution is -2.08. The molecule has 1 aliphatic heterocycles. The van der Waals surface area contributed by atoms with E-state index in [1.54, 1.807) is 18.6 Å². The van der Waals surface area contributed by atoms with Crippen molar-refractivity contribution in [3.8, 4) is 28.7 Å². The molecule has 0 bridgehead atoms. The van der Waals surface area contributed by atoms with Crippen LogP contribution in [0.5, 0.6) is 11.5 Å². The summed E-state index contributed by atoms with van der Waals surface area (Å²) in [4.78, 5) is 12.8. The number of hydrogen-bond donors (Lipinski definition) is 2. The average molecular weight is 521 g/mol. The summed E-state index contributed by atoms with van der Waals surface area (Å²) in [6.45, 7) is 2.96.